The maximum Gasteiger partial charge on any atom is 0.416 e. The van der Waals surface area contributed by atoms with Crippen molar-refractivity contribution in [1.29, 1.82) is 0 Å². The van der Waals surface area contributed by atoms with Crippen LogP contribution in [0.25, 0.3) is 0 Å². The number of aromatic nitrogens is 2. The topological polar surface area (TPSA) is 37.8 Å². The number of rotatable bonds is 3. The van der Waals surface area contributed by atoms with Gasteiger partial charge in [-0.2, -0.15) is 26.3 Å². The molecule has 0 fully saturated rings. The molecular formula is C14H12BrF6N3. The summed E-state index contributed by atoms with van der Waals surface area (Å²) in [5.41, 5.74) is -1.31. The van der Waals surface area contributed by atoms with Crippen LogP contribution < -0.4 is 5.32 Å². The van der Waals surface area contributed by atoms with Gasteiger partial charge >= 0.3 is 12.4 Å². The zero-order valence-corrected chi connectivity index (χ0v) is 13.8. The second kappa shape index (κ2) is 6.73. The molecule has 0 amide bonds. The number of allylic oxidation sites excluding steroid dienone is 3. The van der Waals surface area contributed by atoms with Crippen molar-refractivity contribution in [2.24, 2.45) is 11.8 Å². The van der Waals surface area contributed by atoms with Crippen LogP contribution in [0.4, 0.5) is 32.3 Å². The third-order valence-corrected chi connectivity index (χ3v) is 4.01. The van der Waals surface area contributed by atoms with Gasteiger partial charge in [-0.05, 0) is 33.5 Å². The van der Waals surface area contributed by atoms with Gasteiger partial charge in [-0.3, -0.25) is 0 Å². The van der Waals surface area contributed by atoms with Crippen LogP contribution in [-0.4, -0.2) is 28.9 Å². The van der Waals surface area contributed by atoms with Crippen molar-refractivity contribution >= 4 is 21.9 Å². The molecule has 1 aromatic rings. The Labute approximate surface area is 142 Å². The quantitative estimate of drug-likeness (QED) is 0.713. The Morgan fingerprint density at radius 2 is 1.71 bits per heavy atom. The van der Waals surface area contributed by atoms with Crippen LogP contribution in [0.15, 0.2) is 40.2 Å². The van der Waals surface area contributed by atoms with E-state index in [1.54, 1.807) is 0 Å². The summed E-state index contributed by atoms with van der Waals surface area (Å²) in [7, 11) is 0. The second-order valence-electron chi connectivity index (χ2n) is 5.27. The smallest absolute Gasteiger partial charge is 0.350 e. The summed E-state index contributed by atoms with van der Waals surface area (Å²) in [5, 5.41) is 2.64. The number of halogens is 7. The lowest BCUT2D eigenvalue weighted by molar-refractivity contribution is -0.171. The Hall–Kier alpha value is -1.58. The van der Waals surface area contributed by atoms with Gasteiger partial charge in [-0.1, -0.05) is 13.0 Å². The summed E-state index contributed by atoms with van der Waals surface area (Å²) in [5.74, 6) is -3.21. The molecular weight excluding hydrogens is 404 g/mol. The third-order valence-electron chi connectivity index (χ3n) is 3.60. The maximum atomic E-state index is 13.0. The van der Waals surface area contributed by atoms with Gasteiger partial charge in [0, 0.05) is 18.9 Å². The molecule has 1 N–H and O–H groups in total. The van der Waals surface area contributed by atoms with E-state index in [4.69, 9.17) is 0 Å². The maximum absolute atomic E-state index is 13.0. The average Bonchev–Trinajstić information content (AvgIpc) is 2.45. The fourth-order valence-electron chi connectivity index (χ4n) is 2.30. The van der Waals surface area contributed by atoms with E-state index in [1.165, 1.54) is 19.3 Å². The van der Waals surface area contributed by atoms with Gasteiger partial charge in [0.05, 0.1) is 16.0 Å². The molecule has 10 heteroatoms. The van der Waals surface area contributed by atoms with Crippen molar-refractivity contribution in [3.05, 3.63) is 40.2 Å². The van der Waals surface area contributed by atoms with Crippen LogP contribution in [0, 0.1) is 11.8 Å². The largest absolute Gasteiger partial charge is 0.416 e. The highest BCUT2D eigenvalue weighted by molar-refractivity contribution is 9.10. The van der Waals surface area contributed by atoms with Gasteiger partial charge < -0.3 is 5.32 Å². The van der Waals surface area contributed by atoms with E-state index < -0.39 is 29.8 Å². The van der Waals surface area contributed by atoms with Crippen LogP contribution in [0.2, 0.25) is 0 Å². The van der Waals surface area contributed by atoms with E-state index >= 15 is 0 Å². The number of nitrogens with zero attached hydrogens (tertiary/aromatic N) is 2. The van der Waals surface area contributed by atoms with Crippen LogP contribution in [0.3, 0.4) is 0 Å². The first-order chi connectivity index (χ1) is 11.0. The number of hydrogen-bond acceptors (Lipinski definition) is 3. The predicted octanol–water partition coefficient (Wildman–Crippen LogP) is 4.89. The van der Waals surface area contributed by atoms with E-state index in [0.29, 0.717) is 4.47 Å². The molecule has 0 aromatic carbocycles. The lowest BCUT2D eigenvalue weighted by atomic mass is 9.80. The van der Waals surface area contributed by atoms with Crippen LogP contribution in [-0.2, 0) is 0 Å². The molecule has 0 radical (unpaired) electrons. The lowest BCUT2D eigenvalue weighted by Gasteiger charge is -2.31. The fraction of sp³-hybridized carbons (Fsp3) is 0.429. The Kier molecular flexibility index (Phi) is 5.26. The highest BCUT2D eigenvalue weighted by atomic mass is 79.9. The summed E-state index contributed by atoms with van der Waals surface area (Å²) in [6, 6.07) is 0. The molecule has 1 aliphatic rings. The Bertz CT molecular complexity index is 648. The third kappa shape index (κ3) is 4.49. The van der Waals surface area contributed by atoms with Gasteiger partial charge in [0.2, 0.25) is 5.95 Å². The van der Waals surface area contributed by atoms with Crippen LogP contribution >= 0.6 is 15.9 Å². The molecule has 0 saturated carbocycles. The molecule has 1 heterocycles. The Balaban J connectivity index is 2.24. The highest BCUT2D eigenvalue weighted by Crippen LogP contribution is 2.43. The van der Waals surface area contributed by atoms with Crippen LogP contribution in [0.1, 0.15) is 6.92 Å². The van der Waals surface area contributed by atoms with Gasteiger partial charge in [0.25, 0.3) is 0 Å². The van der Waals surface area contributed by atoms with Gasteiger partial charge in [0.1, 0.15) is 0 Å². The van der Waals surface area contributed by atoms with Crippen molar-refractivity contribution in [2.45, 2.75) is 19.3 Å². The SMILES string of the molecule is CC1C(CNc2ncc(Br)cn2)=CC(C(F)(F)F)=CC1C(F)(F)F. The molecule has 1 aliphatic carbocycles. The van der Waals surface area contributed by atoms with Crippen molar-refractivity contribution in [1.82, 2.24) is 9.97 Å². The van der Waals surface area contributed by atoms with Gasteiger partial charge in [0.15, 0.2) is 0 Å². The first-order valence-electron chi connectivity index (χ1n) is 6.76. The number of hydrogen-bond donors (Lipinski definition) is 1. The highest BCUT2D eigenvalue weighted by Gasteiger charge is 2.47. The summed E-state index contributed by atoms with van der Waals surface area (Å²) >= 11 is 3.12. The molecule has 3 nitrogen and oxygen atoms in total. The first-order valence-corrected chi connectivity index (χ1v) is 7.55. The molecule has 132 valence electrons. The van der Waals surface area contributed by atoms with Crippen molar-refractivity contribution in [3.63, 3.8) is 0 Å². The number of nitrogens with one attached hydrogen (secondary N) is 1. The van der Waals surface area contributed by atoms with Crippen molar-refractivity contribution in [3.8, 4) is 0 Å². The minimum atomic E-state index is -4.84. The lowest BCUT2D eigenvalue weighted by Crippen LogP contribution is -2.34. The molecule has 0 saturated heterocycles. The standard InChI is InChI=1S/C14H12BrF6N3/c1-7-8(4-22-12-23-5-10(15)6-24-12)2-9(13(16,17)18)3-11(7)14(19,20)21/h2-3,5-7,11H,4H2,1H3,(H,22,23,24). The number of alkyl halides is 6. The molecule has 1 aromatic heterocycles. The number of anilines is 1. The van der Waals surface area contributed by atoms with E-state index in [-0.39, 0.29) is 24.1 Å². The minimum absolute atomic E-state index is 0.0151. The van der Waals surface area contributed by atoms with Gasteiger partial charge in [-0.25, -0.2) is 9.97 Å². The van der Waals surface area contributed by atoms with Crippen LogP contribution in [0.5, 0.6) is 0 Å². The van der Waals surface area contributed by atoms with E-state index in [2.05, 4.69) is 31.2 Å². The minimum Gasteiger partial charge on any atom is -0.350 e. The van der Waals surface area contributed by atoms with Gasteiger partial charge in [-0.15, -0.1) is 0 Å². The fourth-order valence-corrected chi connectivity index (χ4v) is 2.50. The molecule has 24 heavy (non-hydrogen) atoms. The summed E-state index contributed by atoms with van der Waals surface area (Å²) in [6.07, 6.45) is -5.79. The molecule has 2 rings (SSSR count). The van der Waals surface area contributed by atoms with E-state index in [1.807, 2.05) is 0 Å². The van der Waals surface area contributed by atoms with E-state index in [0.717, 1.165) is 6.08 Å². The molecule has 2 atom stereocenters. The summed E-state index contributed by atoms with van der Waals surface area (Å²) in [6.45, 7) is 1.03. The van der Waals surface area contributed by atoms with E-state index in [9.17, 15) is 26.3 Å². The monoisotopic (exact) mass is 415 g/mol. The second-order valence-corrected chi connectivity index (χ2v) is 6.19. The zero-order chi connectivity index (χ0) is 18.1. The predicted molar refractivity (Wildman–Crippen MR) is 79.2 cm³/mol. The molecule has 0 bridgehead atoms. The first kappa shape index (κ1) is 18.8. The average molecular weight is 416 g/mol. The van der Waals surface area contributed by atoms with Crippen molar-refractivity contribution in [2.75, 3.05) is 11.9 Å². The van der Waals surface area contributed by atoms with Crippen molar-refractivity contribution < 1.29 is 26.3 Å². The zero-order valence-electron chi connectivity index (χ0n) is 12.2. The Morgan fingerprint density at radius 3 is 2.21 bits per heavy atom. The molecule has 0 aliphatic heterocycles. The Morgan fingerprint density at radius 1 is 1.12 bits per heavy atom. The molecule has 0 spiro atoms. The summed E-state index contributed by atoms with van der Waals surface area (Å²) in [4.78, 5) is 7.74. The molecule has 2 unspecified atom stereocenters. The normalized spacial score (nSPS) is 22.0. The summed E-state index contributed by atoms with van der Waals surface area (Å²) < 4.78 is 78.4.